The van der Waals surface area contributed by atoms with Gasteiger partial charge in [-0.05, 0) is 59.3 Å². The number of aliphatic imine (C=N–C) groups is 1. The van der Waals surface area contributed by atoms with Crippen LogP contribution in [0.15, 0.2) is 223 Å². The van der Waals surface area contributed by atoms with Gasteiger partial charge < -0.3 is 9.30 Å². The van der Waals surface area contributed by atoms with E-state index in [0.29, 0.717) is 35.6 Å². The van der Waals surface area contributed by atoms with E-state index in [1.807, 2.05) is 60.7 Å². The molecule has 7 heteroatoms. The monoisotopic (exact) mass is 848 g/mol. The smallest absolute Gasteiger partial charge is 0.238 e. The summed E-state index contributed by atoms with van der Waals surface area (Å²) in [5.74, 6) is 2.42. The molecule has 3 aromatic heterocycles. The lowest BCUT2D eigenvalue weighted by atomic mass is 9.99. The average molecular weight is 849 g/mol. The minimum Gasteiger partial charge on any atom is -0.486 e. The molecule has 3 heterocycles. The maximum atomic E-state index is 6.49. The van der Waals surface area contributed by atoms with Crippen LogP contribution in [0.3, 0.4) is 0 Å². The van der Waals surface area contributed by atoms with E-state index in [1.165, 1.54) is 0 Å². The van der Waals surface area contributed by atoms with E-state index < -0.39 is 0 Å². The molecule has 0 bridgehead atoms. The molecule has 0 atom stereocenters. The minimum absolute atomic E-state index is 0.416. The topological polar surface area (TPSA) is 70.1 Å². The normalized spacial score (nSPS) is 11.5. The first-order valence-corrected chi connectivity index (χ1v) is 22.0. The van der Waals surface area contributed by atoms with E-state index in [1.54, 1.807) is 0 Å². The van der Waals surface area contributed by atoms with Gasteiger partial charge in [0.1, 0.15) is 12.3 Å². The summed E-state index contributed by atoms with van der Waals surface area (Å²) in [6, 6.07) is 75.5. The summed E-state index contributed by atoms with van der Waals surface area (Å²) >= 11 is 0. The third-order valence-corrected chi connectivity index (χ3v) is 12.4. The highest BCUT2D eigenvalue weighted by Gasteiger charge is 2.24. The van der Waals surface area contributed by atoms with Crippen LogP contribution in [-0.4, -0.2) is 30.8 Å². The Morgan fingerprint density at radius 3 is 1.62 bits per heavy atom. The molecule has 0 saturated carbocycles. The van der Waals surface area contributed by atoms with Crippen molar-refractivity contribution >= 4 is 56.0 Å². The number of benzene rings is 9. The molecular weight excluding hydrogens is 809 g/mol. The Labute approximate surface area is 381 Å². The number of nitrogens with zero attached hydrogens (tertiary/aromatic N) is 6. The maximum absolute atomic E-state index is 6.49. The van der Waals surface area contributed by atoms with Gasteiger partial charge in [0.05, 0.1) is 22.1 Å². The molecule has 0 N–H and O–H groups in total. The number of ether oxygens (including phenoxy) is 1. The number of rotatable bonds is 10. The fourth-order valence-corrected chi connectivity index (χ4v) is 9.37. The number of aromatic nitrogens is 5. The Morgan fingerprint density at radius 1 is 0.409 bits per heavy atom. The molecule has 7 nitrogen and oxygen atoms in total. The molecule has 0 aliphatic heterocycles. The number of hydrogen-bond acceptors (Lipinski definition) is 5. The molecule has 12 aromatic rings. The largest absolute Gasteiger partial charge is 0.486 e. The van der Waals surface area contributed by atoms with Gasteiger partial charge in [-0.25, -0.2) is 4.98 Å². The molecule has 0 fully saturated rings. The van der Waals surface area contributed by atoms with E-state index >= 15 is 0 Å². The van der Waals surface area contributed by atoms with Crippen LogP contribution in [0.25, 0.3) is 100 Å². The van der Waals surface area contributed by atoms with Gasteiger partial charge >= 0.3 is 0 Å². The Bertz CT molecular complexity index is 3770. The number of fused-ring (bicyclic) bond motifs is 7. The van der Waals surface area contributed by atoms with Crippen molar-refractivity contribution in [3.05, 3.63) is 224 Å². The summed E-state index contributed by atoms with van der Waals surface area (Å²) in [6.07, 6.45) is 0. The number of para-hydroxylation sites is 3. The lowest BCUT2D eigenvalue weighted by molar-refractivity contribution is 0.309. The first-order chi connectivity index (χ1) is 32.7. The zero-order valence-electron chi connectivity index (χ0n) is 35.8. The van der Waals surface area contributed by atoms with Crippen LogP contribution in [0.1, 0.15) is 5.56 Å². The third kappa shape index (κ3) is 6.61. The summed E-state index contributed by atoms with van der Waals surface area (Å²) in [5, 5.41) is 4.48. The minimum atomic E-state index is 0.416. The standard InChI is InChI=1S/C59H40N6O/c1-60-51-29-17-28-45(56(51)66-38-39-18-5-2-6-19-39)41-32-34-43(35-33-41)64-52-30-15-13-25-46(52)48-36-37-49-47-26-14-16-31-53(47)65(55(49)54(48)64)59-62-57(42-22-9-4-10-23-42)61-58(63-59)50-27-12-11-24-44(50)40-20-7-3-8-21-40/h2-37H,1,38H2. The van der Waals surface area contributed by atoms with Crippen molar-refractivity contribution < 1.29 is 4.74 Å². The fraction of sp³-hybridized carbons (Fsp3) is 0.0169. The molecule has 0 amide bonds. The van der Waals surface area contributed by atoms with Crippen molar-refractivity contribution in [2.24, 2.45) is 4.99 Å². The van der Waals surface area contributed by atoms with Gasteiger partial charge in [-0.1, -0.05) is 188 Å². The Balaban J connectivity index is 1.09. The molecule has 9 aromatic carbocycles. The second-order valence-electron chi connectivity index (χ2n) is 16.3. The summed E-state index contributed by atoms with van der Waals surface area (Å²) < 4.78 is 11.1. The number of hydrogen-bond donors (Lipinski definition) is 0. The van der Waals surface area contributed by atoms with Gasteiger partial charge in [0, 0.05) is 43.9 Å². The van der Waals surface area contributed by atoms with Crippen LogP contribution in [0.4, 0.5) is 5.69 Å². The van der Waals surface area contributed by atoms with Crippen molar-refractivity contribution in [3.63, 3.8) is 0 Å². The van der Waals surface area contributed by atoms with Crippen molar-refractivity contribution in [3.8, 4) is 62.4 Å². The third-order valence-electron chi connectivity index (χ3n) is 12.4. The zero-order valence-corrected chi connectivity index (χ0v) is 35.8. The second-order valence-corrected chi connectivity index (χ2v) is 16.3. The van der Waals surface area contributed by atoms with Gasteiger partial charge in [0.15, 0.2) is 17.4 Å². The second kappa shape index (κ2) is 16.3. The van der Waals surface area contributed by atoms with E-state index in [4.69, 9.17) is 19.7 Å². The molecule has 66 heavy (non-hydrogen) atoms. The van der Waals surface area contributed by atoms with E-state index in [-0.39, 0.29) is 0 Å². The Kier molecular flexibility index (Phi) is 9.57. The Morgan fingerprint density at radius 2 is 0.939 bits per heavy atom. The quantitative estimate of drug-likeness (QED) is 0.129. The zero-order chi connectivity index (χ0) is 44.0. The first-order valence-electron chi connectivity index (χ1n) is 22.0. The van der Waals surface area contributed by atoms with E-state index in [9.17, 15) is 0 Å². The van der Waals surface area contributed by atoms with Gasteiger partial charge in [0.2, 0.25) is 5.95 Å². The first kappa shape index (κ1) is 38.7. The fourth-order valence-electron chi connectivity index (χ4n) is 9.37. The molecule has 0 saturated heterocycles. The molecule has 0 radical (unpaired) electrons. The lowest BCUT2D eigenvalue weighted by Crippen LogP contribution is -2.07. The van der Waals surface area contributed by atoms with Crippen LogP contribution in [0.5, 0.6) is 5.75 Å². The molecule has 0 aliphatic rings. The van der Waals surface area contributed by atoms with E-state index in [0.717, 1.165) is 88.2 Å². The van der Waals surface area contributed by atoms with Crippen molar-refractivity contribution in [2.45, 2.75) is 6.61 Å². The molecule has 0 unspecified atom stereocenters. The van der Waals surface area contributed by atoms with Crippen molar-refractivity contribution in [1.29, 1.82) is 0 Å². The summed E-state index contributed by atoms with van der Waals surface area (Å²) in [6.45, 7) is 4.28. The van der Waals surface area contributed by atoms with Crippen LogP contribution in [0, 0.1) is 0 Å². The van der Waals surface area contributed by atoms with Crippen LogP contribution in [-0.2, 0) is 6.61 Å². The molecular formula is C59H40N6O. The van der Waals surface area contributed by atoms with Crippen molar-refractivity contribution in [1.82, 2.24) is 24.1 Å². The summed E-state index contributed by atoms with van der Waals surface area (Å²) in [4.78, 5) is 20.3. The highest BCUT2D eigenvalue weighted by Crippen LogP contribution is 2.43. The molecule has 0 spiro atoms. The predicted octanol–water partition coefficient (Wildman–Crippen LogP) is 14.6. The Hall–Kier alpha value is -8.94. The molecule has 312 valence electrons. The predicted molar refractivity (Wildman–Crippen MR) is 270 cm³/mol. The van der Waals surface area contributed by atoms with Crippen LogP contribution >= 0.6 is 0 Å². The summed E-state index contributed by atoms with van der Waals surface area (Å²) in [7, 11) is 0. The van der Waals surface area contributed by atoms with Crippen LogP contribution < -0.4 is 4.74 Å². The highest BCUT2D eigenvalue weighted by atomic mass is 16.5. The summed E-state index contributed by atoms with van der Waals surface area (Å²) in [5.41, 5.74) is 12.8. The highest BCUT2D eigenvalue weighted by molar-refractivity contribution is 6.23. The van der Waals surface area contributed by atoms with Gasteiger partial charge in [0.25, 0.3) is 0 Å². The molecule has 0 aliphatic carbocycles. The van der Waals surface area contributed by atoms with Crippen molar-refractivity contribution in [2.75, 3.05) is 0 Å². The van der Waals surface area contributed by atoms with Gasteiger partial charge in [-0.3, -0.25) is 9.56 Å². The SMILES string of the molecule is C=Nc1cccc(-c2ccc(-n3c4ccccc4c4ccc5c6ccccc6n(-c6nc(-c7ccccc7)nc(-c7ccccc7-c7ccccc7)n6)c5c43)cc2)c1OCc1ccccc1. The maximum Gasteiger partial charge on any atom is 0.238 e. The van der Waals surface area contributed by atoms with Crippen LogP contribution in [0.2, 0.25) is 0 Å². The van der Waals surface area contributed by atoms with Gasteiger partial charge in [-0.15, -0.1) is 0 Å². The molecule has 12 rings (SSSR count). The van der Waals surface area contributed by atoms with E-state index in [2.05, 4.69) is 179 Å². The average Bonchev–Trinajstić information content (AvgIpc) is 3.92. The van der Waals surface area contributed by atoms with Gasteiger partial charge in [-0.2, -0.15) is 9.97 Å². The lowest BCUT2D eigenvalue weighted by Gasteiger charge is -2.16.